The Labute approximate surface area is 68.5 Å². The van der Waals surface area contributed by atoms with Crippen molar-refractivity contribution in [1.29, 1.82) is 0 Å². The van der Waals surface area contributed by atoms with Crippen molar-refractivity contribution < 1.29 is 4.74 Å². The molecule has 2 fully saturated rings. The van der Waals surface area contributed by atoms with Crippen LogP contribution in [0.15, 0.2) is 0 Å². The molecule has 0 amide bonds. The molecule has 2 atom stereocenters. The zero-order valence-electron chi connectivity index (χ0n) is 7.63. The highest BCUT2D eigenvalue weighted by Crippen LogP contribution is 2.44. The largest absolute Gasteiger partial charge is 0.370 e. The molecular weight excluding hydrogens is 138 g/mol. The van der Waals surface area contributed by atoms with Crippen LogP contribution in [0.25, 0.3) is 0 Å². The molecule has 2 nitrogen and oxygen atoms in total. The Balaban J connectivity index is 1.97. The Hall–Kier alpha value is -0.0800. The summed E-state index contributed by atoms with van der Waals surface area (Å²) in [6, 6.07) is 1.44. The Bertz CT molecular complexity index is 165. The fourth-order valence-electron chi connectivity index (χ4n) is 2.24. The van der Waals surface area contributed by atoms with E-state index in [4.69, 9.17) is 4.74 Å². The SMILES string of the molecule is CCC12CN(C(C)C)C1CO2. The maximum Gasteiger partial charge on any atom is 0.0983 e. The zero-order valence-corrected chi connectivity index (χ0v) is 7.63. The molecule has 2 rings (SSSR count). The summed E-state index contributed by atoms with van der Waals surface area (Å²) in [6.07, 6.45) is 1.18. The third-order valence-corrected chi connectivity index (χ3v) is 3.25. The van der Waals surface area contributed by atoms with Crippen molar-refractivity contribution in [1.82, 2.24) is 4.90 Å². The van der Waals surface area contributed by atoms with Crippen LogP contribution in [-0.4, -0.2) is 35.7 Å². The number of rotatable bonds is 2. The molecule has 0 aliphatic carbocycles. The van der Waals surface area contributed by atoms with Gasteiger partial charge in [-0.25, -0.2) is 0 Å². The molecule has 2 aliphatic heterocycles. The lowest BCUT2D eigenvalue weighted by atomic mass is 9.76. The predicted molar refractivity (Wildman–Crippen MR) is 44.6 cm³/mol. The van der Waals surface area contributed by atoms with Gasteiger partial charge in [-0.3, -0.25) is 4.90 Å². The van der Waals surface area contributed by atoms with Crippen molar-refractivity contribution in [2.45, 2.75) is 44.9 Å². The van der Waals surface area contributed by atoms with Crippen molar-refractivity contribution in [3.8, 4) is 0 Å². The molecule has 2 saturated heterocycles. The van der Waals surface area contributed by atoms with Gasteiger partial charge >= 0.3 is 0 Å². The summed E-state index contributed by atoms with van der Waals surface area (Å²) in [4.78, 5) is 2.53. The lowest BCUT2D eigenvalue weighted by molar-refractivity contribution is -0.299. The number of likely N-dealkylation sites (tertiary alicyclic amines) is 1. The van der Waals surface area contributed by atoms with E-state index in [1.807, 2.05) is 0 Å². The van der Waals surface area contributed by atoms with Gasteiger partial charge in [0, 0.05) is 12.6 Å². The number of nitrogens with zero attached hydrogens (tertiary/aromatic N) is 1. The molecular formula is C9H17NO. The lowest BCUT2D eigenvalue weighted by Crippen LogP contribution is -2.80. The van der Waals surface area contributed by atoms with Crippen molar-refractivity contribution >= 4 is 0 Å². The molecule has 64 valence electrons. The van der Waals surface area contributed by atoms with Gasteiger partial charge in [-0.15, -0.1) is 0 Å². The summed E-state index contributed by atoms with van der Waals surface area (Å²) in [5, 5.41) is 0. The molecule has 0 bridgehead atoms. The van der Waals surface area contributed by atoms with Gasteiger partial charge in [0.25, 0.3) is 0 Å². The van der Waals surface area contributed by atoms with Crippen molar-refractivity contribution in [2.75, 3.05) is 13.2 Å². The summed E-state index contributed by atoms with van der Waals surface area (Å²) >= 11 is 0. The molecule has 0 saturated carbocycles. The minimum absolute atomic E-state index is 0.282. The third-order valence-electron chi connectivity index (χ3n) is 3.25. The molecule has 0 aromatic rings. The van der Waals surface area contributed by atoms with Crippen molar-refractivity contribution in [3.05, 3.63) is 0 Å². The first kappa shape index (κ1) is 7.56. The highest BCUT2D eigenvalue weighted by atomic mass is 16.5. The monoisotopic (exact) mass is 155 g/mol. The van der Waals surface area contributed by atoms with E-state index in [-0.39, 0.29) is 5.60 Å². The number of morpholine rings is 1. The Morgan fingerprint density at radius 3 is 2.64 bits per heavy atom. The van der Waals surface area contributed by atoms with Crippen LogP contribution in [0.1, 0.15) is 27.2 Å². The van der Waals surface area contributed by atoms with E-state index in [1.165, 1.54) is 6.42 Å². The summed E-state index contributed by atoms with van der Waals surface area (Å²) in [6.45, 7) is 8.87. The molecule has 2 unspecified atom stereocenters. The summed E-state index contributed by atoms with van der Waals surface area (Å²) in [5.41, 5.74) is 0.282. The summed E-state index contributed by atoms with van der Waals surface area (Å²) in [5.74, 6) is 0. The Kier molecular flexibility index (Phi) is 1.52. The van der Waals surface area contributed by atoms with E-state index in [0.717, 1.165) is 19.2 Å². The van der Waals surface area contributed by atoms with Gasteiger partial charge < -0.3 is 4.74 Å². The lowest BCUT2D eigenvalue weighted by Gasteiger charge is -2.65. The fraction of sp³-hybridized carbons (Fsp3) is 1.00. The first-order valence-electron chi connectivity index (χ1n) is 4.59. The fourth-order valence-corrected chi connectivity index (χ4v) is 2.24. The first-order valence-corrected chi connectivity index (χ1v) is 4.59. The summed E-state index contributed by atoms with van der Waals surface area (Å²) in [7, 11) is 0. The molecule has 0 radical (unpaired) electrons. The topological polar surface area (TPSA) is 12.5 Å². The van der Waals surface area contributed by atoms with Crippen LogP contribution in [0.3, 0.4) is 0 Å². The first-order chi connectivity index (χ1) is 5.19. The molecule has 0 aromatic heterocycles. The van der Waals surface area contributed by atoms with Gasteiger partial charge in [0.05, 0.1) is 18.2 Å². The number of ether oxygens (including phenoxy) is 1. The van der Waals surface area contributed by atoms with Gasteiger partial charge in [0.15, 0.2) is 0 Å². The van der Waals surface area contributed by atoms with Gasteiger partial charge in [0.2, 0.25) is 0 Å². The average molecular weight is 155 g/mol. The standard InChI is InChI=1S/C9H17NO/c1-4-9-6-10(7(2)3)8(9)5-11-9/h7-8H,4-6H2,1-3H3. The second-order valence-electron chi connectivity index (χ2n) is 4.01. The molecule has 2 heteroatoms. The van der Waals surface area contributed by atoms with Crippen LogP contribution in [0, 0.1) is 0 Å². The van der Waals surface area contributed by atoms with Crippen molar-refractivity contribution in [2.24, 2.45) is 0 Å². The predicted octanol–water partition coefficient (Wildman–Crippen LogP) is 1.26. The van der Waals surface area contributed by atoms with Gasteiger partial charge in [-0.1, -0.05) is 6.92 Å². The van der Waals surface area contributed by atoms with E-state index >= 15 is 0 Å². The number of hydrogen-bond acceptors (Lipinski definition) is 2. The van der Waals surface area contributed by atoms with Gasteiger partial charge in [-0.05, 0) is 20.3 Å². The van der Waals surface area contributed by atoms with Crippen LogP contribution in [-0.2, 0) is 4.74 Å². The second-order valence-corrected chi connectivity index (χ2v) is 4.01. The highest BCUT2D eigenvalue weighted by molar-refractivity contribution is 5.12. The molecule has 2 heterocycles. The third kappa shape index (κ3) is 0.798. The number of hydrogen-bond donors (Lipinski definition) is 0. The van der Waals surface area contributed by atoms with Crippen LogP contribution in [0.4, 0.5) is 0 Å². The van der Waals surface area contributed by atoms with E-state index in [0.29, 0.717) is 6.04 Å². The Morgan fingerprint density at radius 1 is 1.64 bits per heavy atom. The normalized spacial score (nSPS) is 43.1. The second kappa shape index (κ2) is 2.20. The maximum atomic E-state index is 5.61. The molecule has 0 spiro atoms. The Morgan fingerprint density at radius 2 is 2.36 bits per heavy atom. The van der Waals surface area contributed by atoms with Crippen LogP contribution in [0.5, 0.6) is 0 Å². The quantitative estimate of drug-likeness (QED) is 0.595. The van der Waals surface area contributed by atoms with Crippen LogP contribution >= 0.6 is 0 Å². The van der Waals surface area contributed by atoms with Crippen LogP contribution < -0.4 is 0 Å². The van der Waals surface area contributed by atoms with E-state index in [9.17, 15) is 0 Å². The summed E-state index contributed by atoms with van der Waals surface area (Å²) < 4.78 is 5.61. The van der Waals surface area contributed by atoms with Crippen molar-refractivity contribution in [3.63, 3.8) is 0 Å². The minimum atomic E-state index is 0.282. The highest BCUT2D eigenvalue weighted by Gasteiger charge is 2.59. The van der Waals surface area contributed by atoms with Crippen LogP contribution in [0.2, 0.25) is 0 Å². The van der Waals surface area contributed by atoms with Gasteiger partial charge in [0.1, 0.15) is 0 Å². The van der Waals surface area contributed by atoms with Gasteiger partial charge in [-0.2, -0.15) is 0 Å². The number of fused-ring (bicyclic) bond motifs is 1. The van der Waals surface area contributed by atoms with E-state index in [1.54, 1.807) is 0 Å². The average Bonchev–Trinajstić information content (AvgIpc) is 1.94. The van der Waals surface area contributed by atoms with E-state index in [2.05, 4.69) is 25.7 Å². The molecule has 0 aromatic carbocycles. The maximum absolute atomic E-state index is 5.61. The minimum Gasteiger partial charge on any atom is -0.370 e. The smallest absolute Gasteiger partial charge is 0.0983 e. The molecule has 2 aliphatic rings. The molecule has 11 heavy (non-hydrogen) atoms. The zero-order chi connectivity index (χ0) is 8.06. The van der Waals surface area contributed by atoms with E-state index < -0.39 is 0 Å². The molecule has 0 N–H and O–H groups in total.